The predicted molar refractivity (Wildman–Crippen MR) is 83.3 cm³/mol. The lowest BCUT2D eigenvalue weighted by atomic mass is 10.1. The summed E-state index contributed by atoms with van der Waals surface area (Å²) in [4.78, 5) is 26.6. The average Bonchev–Trinajstić information content (AvgIpc) is 2.60. The largest absolute Gasteiger partial charge is 0.484 e. The van der Waals surface area contributed by atoms with Gasteiger partial charge in [0, 0.05) is 6.20 Å². The monoisotopic (exact) mass is 425 g/mol. The SMILES string of the molecule is O=C(COc1cc(C(F)(F)F)cc(C(F)(F)F)c1)NC(=O)Nc1ncccc1F. The molecule has 0 aliphatic carbocycles. The summed E-state index contributed by atoms with van der Waals surface area (Å²) in [6, 6.07) is 1.40. The molecule has 13 heteroatoms. The molecule has 1 aromatic heterocycles. The number of carbonyl (C=O) groups excluding carboxylic acids is 2. The minimum atomic E-state index is -5.09. The number of benzene rings is 1. The van der Waals surface area contributed by atoms with Gasteiger partial charge in [-0.2, -0.15) is 26.3 Å². The number of hydrogen-bond donors (Lipinski definition) is 2. The first-order chi connectivity index (χ1) is 13.4. The number of anilines is 1. The van der Waals surface area contributed by atoms with E-state index in [4.69, 9.17) is 0 Å². The van der Waals surface area contributed by atoms with Gasteiger partial charge in [0.15, 0.2) is 18.2 Å². The number of nitrogens with zero attached hydrogens (tertiary/aromatic N) is 1. The van der Waals surface area contributed by atoms with Crippen LogP contribution in [0.25, 0.3) is 0 Å². The fourth-order valence-electron chi connectivity index (χ4n) is 1.94. The van der Waals surface area contributed by atoms with Gasteiger partial charge in [0.2, 0.25) is 0 Å². The highest BCUT2D eigenvalue weighted by atomic mass is 19.4. The Hall–Kier alpha value is -3.38. The van der Waals surface area contributed by atoms with Crippen LogP contribution in [0.15, 0.2) is 36.5 Å². The van der Waals surface area contributed by atoms with Crippen molar-refractivity contribution in [3.05, 3.63) is 53.5 Å². The van der Waals surface area contributed by atoms with Gasteiger partial charge in [0.1, 0.15) is 5.75 Å². The highest BCUT2D eigenvalue weighted by Crippen LogP contribution is 2.38. The van der Waals surface area contributed by atoms with Crippen molar-refractivity contribution in [1.82, 2.24) is 10.3 Å². The fraction of sp³-hybridized carbons (Fsp3) is 0.188. The van der Waals surface area contributed by atoms with E-state index < -0.39 is 59.4 Å². The maximum absolute atomic E-state index is 13.3. The number of amides is 3. The molecule has 1 aromatic carbocycles. The summed E-state index contributed by atoms with van der Waals surface area (Å²) >= 11 is 0. The number of hydrogen-bond acceptors (Lipinski definition) is 4. The Balaban J connectivity index is 2.04. The summed E-state index contributed by atoms with van der Waals surface area (Å²) in [7, 11) is 0. The number of pyridine rings is 1. The minimum absolute atomic E-state index is 0.109. The summed E-state index contributed by atoms with van der Waals surface area (Å²) in [5.41, 5.74) is -3.27. The van der Waals surface area contributed by atoms with Crippen LogP contribution in [0.3, 0.4) is 0 Å². The van der Waals surface area contributed by atoms with Crippen LogP contribution >= 0.6 is 0 Å². The van der Waals surface area contributed by atoms with Crippen molar-refractivity contribution in [3.8, 4) is 5.75 Å². The van der Waals surface area contributed by atoms with E-state index in [0.717, 1.165) is 12.3 Å². The van der Waals surface area contributed by atoms with Crippen molar-refractivity contribution in [2.24, 2.45) is 0 Å². The number of urea groups is 1. The number of imide groups is 1. The van der Waals surface area contributed by atoms with Crippen LogP contribution in [0.5, 0.6) is 5.75 Å². The van der Waals surface area contributed by atoms with E-state index in [2.05, 4.69) is 9.72 Å². The average molecular weight is 425 g/mol. The molecule has 6 nitrogen and oxygen atoms in total. The van der Waals surface area contributed by atoms with E-state index in [1.807, 2.05) is 5.32 Å². The van der Waals surface area contributed by atoms with Gasteiger partial charge in [-0.25, -0.2) is 14.2 Å². The molecule has 0 atom stereocenters. The Morgan fingerprint density at radius 2 is 1.59 bits per heavy atom. The molecule has 0 spiro atoms. The normalized spacial score (nSPS) is 11.7. The van der Waals surface area contributed by atoms with Crippen LogP contribution in [0.2, 0.25) is 0 Å². The highest BCUT2D eigenvalue weighted by Gasteiger charge is 2.37. The molecule has 1 heterocycles. The smallest absolute Gasteiger partial charge is 0.416 e. The molecule has 0 aliphatic heterocycles. The van der Waals surface area contributed by atoms with Crippen LogP contribution < -0.4 is 15.4 Å². The van der Waals surface area contributed by atoms with E-state index in [1.165, 1.54) is 6.07 Å². The number of alkyl halides is 6. The number of halogens is 7. The molecule has 0 radical (unpaired) electrons. The topological polar surface area (TPSA) is 80.3 Å². The number of ether oxygens (including phenoxy) is 1. The van der Waals surface area contributed by atoms with E-state index in [0.29, 0.717) is 0 Å². The third kappa shape index (κ3) is 6.33. The lowest BCUT2D eigenvalue weighted by Gasteiger charge is -2.14. The van der Waals surface area contributed by atoms with E-state index >= 15 is 0 Å². The van der Waals surface area contributed by atoms with Gasteiger partial charge in [-0.15, -0.1) is 0 Å². The van der Waals surface area contributed by atoms with E-state index in [1.54, 1.807) is 5.32 Å². The van der Waals surface area contributed by atoms with Crippen molar-refractivity contribution in [2.45, 2.75) is 12.4 Å². The molecule has 0 aliphatic rings. The zero-order valence-corrected chi connectivity index (χ0v) is 14.0. The number of nitrogens with one attached hydrogen (secondary N) is 2. The van der Waals surface area contributed by atoms with Crippen LogP contribution in [0.4, 0.5) is 41.3 Å². The maximum atomic E-state index is 13.3. The maximum Gasteiger partial charge on any atom is 0.416 e. The number of carbonyl (C=O) groups is 2. The van der Waals surface area contributed by atoms with Gasteiger partial charge in [0.05, 0.1) is 11.1 Å². The minimum Gasteiger partial charge on any atom is -0.484 e. The molecule has 29 heavy (non-hydrogen) atoms. The zero-order chi connectivity index (χ0) is 21.8. The Morgan fingerprint density at radius 1 is 1.00 bits per heavy atom. The molecule has 2 rings (SSSR count). The Kier molecular flexibility index (Phi) is 6.29. The van der Waals surface area contributed by atoms with E-state index in [9.17, 15) is 40.3 Å². The molecule has 0 saturated carbocycles. The molecular weight excluding hydrogens is 415 g/mol. The molecular formula is C16H10F7N3O3. The summed E-state index contributed by atoms with van der Waals surface area (Å²) in [6.07, 6.45) is -9.03. The van der Waals surface area contributed by atoms with Gasteiger partial charge in [-0.3, -0.25) is 15.4 Å². The molecule has 0 fully saturated rings. The third-order valence-corrected chi connectivity index (χ3v) is 3.17. The van der Waals surface area contributed by atoms with Crippen molar-refractivity contribution >= 4 is 17.8 Å². The zero-order valence-electron chi connectivity index (χ0n) is 14.0. The van der Waals surface area contributed by atoms with Crippen LogP contribution in [0.1, 0.15) is 11.1 Å². The quantitative estimate of drug-likeness (QED) is 0.727. The molecule has 0 saturated heterocycles. The summed E-state index contributed by atoms with van der Waals surface area (Å²) < 4.78 is 94.5. The molecule has 156 valence electrons. The van der Waals surface area contributed by atoms with Gasteiger partial charge in [-0.1, -0.05) is 0 Å². The Morgan fingerprint density at radius 3 is 2.10 bits per heavy atom. The third-order valence-electron chi connectivity index (χ3n) is 3.17. The van der Waals surface area contributed by atoms with Crippen molar-refractivity contribution in [1.29, 1.82) is 0 Å². The number of rotatable bonds is 4. The first-order valence-electron chi connectivity index (χ1n) is 7.50. The Labute approximate surface area is 157 Å². The van der Waals surface area contributed by atoms with Gasteiger partial charge >= 0.3 is 18.4 Å². The first-order valence-corrected chi connectivity index (χ1v) is 7.50. The molecule has 0 unspecified atom stereocenters. The second-order valence-electron chi connectivity index (χ2n) is 5.37. The van der Waals surface area contributed by atoms with Crippen LogP contribution in [0, 0.1) is 5.82 Å². The van der Waals surface area contributed by atoms with Gasteiger partial charge in [0.25, 0.3) is 5.91 Å². The fourth-order valence-corrected chi connectivity index (χ4v) is 1.94. The second-order valence-corrected chi connectivity index (χ2v) is 5.37. The Bertz CT molecular complexity index is 881. The summed E-state index contributed by atoms with van der Waals surface area (Å²) in [6.45, 7) is -1.09. The summed E-state index contributed by atoms with van der Waals surface area (Å²) in [5, 5.41) is 3.54. The first kappa shape index (κ1) is 21.9. The molecule has 2 N–H and O–H groups in total. The van der Waals surface area contributed by atoms with Gasteiger partial charge < -0.3 is 4.74 Å². The second kappa shape index (κ2) is 8.32. The van der Waals surface area contributed by atoms with E-state index in [-0.39, 0.29) is 18.2 Å². The molecule has 3 amide bonds. The highest BCUT2D eigenvalue weighted by molar-refractivity contribution is 6.01. The lowest BCUT2D eigenvalue weighted by Crippen LogP contribution is -2.37. The predicted octanol–water partition coefficient (Wildman–Crippen LogP) is 3.99. The number of aromatic nitrogens is 1. The summed E-state index contributed by atoms with van der Waals surface area (Å²) in [5.74, 6) is -3.52. The molecule has 2 aromatic rings. The van der Waals surface area contributed by atoms with Crippen LogP contribution in [-0.4, -0.2) is 23.5 Å². The van der Waals surface area contributed by atoms with Crippen molar-refractivity contribution < 1.29 is 45.1 Å². The lowest BCUT2D eigenvalue weighted by molar-refractivity contribution is -0.143. The molecule has 0 bridgehead atoms. The van der Waals surface area contributed by atoms with Crippen molar-refractivity contribution in [2.75, 3.05) is 11.9 Å². The van der Waals surface area contributed by atoms with Crippen LogP contribution in [-0.2, 0) is 17.1 Å². The standard InChI is InChI=1S/C16H10F7N3O3/c17-11-2-1-3-24-13(11)26-14(28)25-12(27)7-29-10-5-8(15(18,19)20)4-9(6-10)16(21,22)23/h1-6H,7H2,(H2,24,25,26,27,28). The van der Waals surface area contributed by atoms with Crippen molar-refractivity contribution in [3.63, 3.8) is 0 Å². The van der Waals surface area contributed by atoms with Gasteiger partial charge in [-0.05, 0) is 30.3 Å².